The lowest BCUT2D eigenvalue weighted by Gasteiger charge is -2.10. The van der Waals surface area contributed by atoms with Crippen LogP contribution in [-0.2, 0) is 13.0 Å². The fourth-order valence-electron chi connectivity index (χ4n) is 2.20. The van der Waals surface area contributed by atoms with Crippen molar-refractivity contribution in [3.8, 4) is 11.5 Å². The monoisotopic (exact) mass is 293 g/mol. The molecule has 2 aromatic rings. The van der Waals surface area contributed by atoms with Crippen molar-refractivity contribution in [2.75, 3.05) is 0 Å². The predicted molar refractivity (Wildman–Crippen MR) is 70.2 cm³/mol. The average molecular weight is 293 g/mol. The Bertz CT molecular complexity index is 643. The van der Waals surface area contributed by atoms with Gasteiger partial charge in [-0.3, -0.25) is 0 Å². The molecular formula is C15H13F2NO3. The number of hydrogen-bond acceptors (Lipinski definition) is 4. The van der Waals surface area contributed by atoms with Crippen LogP contribution in [0.2, 0.25) is 0 Å². The molecule has 0 fully saturated rings. The van der Waals surface area contributed by atoms with Crippen LogP contribution in [0, 0.1) is 11.6 Å². The van der Waals surface area contributed by atoms with Gasteiger partial charge in [-0.15, -0.1) is 0 Å². The Morgan fingerprint density at radius 2 is 2.00 bits per heavy atom. The van der Waals surface area contributed by atoms with E-state index in [0.717, 1.165) is 5.56 Å². The SMILES string of the molecule is ON[C@H]1Cc2ccc(OCc3c(F)cccc3F)cc2O1. The van der Waals surface area contributed by atoms with Gasteiger partial charge >= 0.3 is 0 Å². The maximum Gasteiger partial charge on any atom is 0.175 e. The third-order valence-electron chi connectivity index (χ3n) is 3.30. The van der Waals surface area contributed by atoms with Gasteiger partial charge in [0, 0.05) is 12.5 Å². The summed E-state index contributed by atoms with van der Waals surface area (Å²) in [7, 11) is 0. The standard InChI is InChI=1S/C15H13F2NO3/c16-12-2-1-3-13(17)11(12)8-20-10-5-4-9-6-15(18-19)21-14(9)7-10/h1-5,7,15,18-19H,6,8H2/t15-/m1/s1. The second kappa shape index (κ2) is 5.67. The molecule has 0 aliphatic carbocycles. The lowest BCUT2D eigenvalue weighted by atomic mass is 10.1. The van der Waals surface area contributed by atoms with Crippen LogP contribution in [0.3, 0.4) is 0 Å². The van der Waals surface area contributed by atoms with Crippen molar-refractivity contribution in [1.29, 1.82) is 0 Å². The molecule has 1 aliphatic rings. The third-order valence-corrected chi connectivity index (χ3v) is 3.30. The zero-order valence-corrected chi connectivity index (χ0v) is 11.0. The van der Waals surface area contributed by atoms with Gasteiger partial charge < -0.3 is 14.7 Å². The highest BCUT2D eigenvalue weighted by atomic mass is 19.1. The summed E-state index contributed by atoms with van der Waals surface area (Å²) in [5, 5.41) is 8.83. The van der Waals surface area contributed by atoms with Crippen molar-refractivity contribution >= 4 is 0 Å². The summed E-state index contributed by atoms with van der Waals surface area (Å²) in [4.78, 5) is 0. The summed E-state index contributed by atoms with van der Waals surface area (Å²) in [6.07, 6.45) is 0.0490. The van der Waals surface area contributed by atoms with E-state index in [0.29, 0.717) is 17.9 Å². The Balaban J connectivity index is 1.73. The van der Waals surface area contributed by atoms with Crippen LogP contribution in [0.5, 0.6) is 11.5 Å². The van der Waals surface area contributed by atoms with E-state index in [2.05, 4.69) is 0 Å². The summed E-state index contributed by atoms with van der Waals surface area (Å²) >= 11 is 0. The van der Waals surface area contributed by atoms with E-state index in [1.165, 1.54) is 18.2 Å². The molecule has 2 aromatic carbocycles. The molecule has 0 saturated heterocycles. The second-order valence-electron chi connectivity index (χ2n) is 4.70. The van der Waals surface area contributed by atoms with Crippen LogP contribution in [-0.4, -0.2) is 11.4 Å². The van der Waals surface area contributed by atoms with Gasteiger partial charge in [-0.05, 0) is 23.8 Å². The van der Waals surface area contributed by atoms with Crippen molar-refractivity contribution in [3.05, 3.63) is 59.2 Å². The van der Waals surface area contributed by atoms with Crippen molar-refractivity contribution in [2.45, 2.75) is 19.3 Å². The van der Waals surface area contributed by atoms with Crippen molar-refractivity contribution in [1.82, 2.24) is 5.48 Å². The molecule has 0 aromatic heterocycles. The molecule has 0 spiro atoms. The molecule has 110 valence electrons. The normalized spacial score (nSPS) is 16.4. The van der Waals surface area contributed by atoms with Crippen molar-refractivity contribution in [3.63, 3.8) is 0 Å². The van der Waals surface area contributed by atoms with Gasteiger partial charge in [0.2, 0.25) is 0 Å². The molecule has 2 N–H and O–H groups in total. The largest absolute Gasteiger partial charge is 0.489 e. The minimum Gasteiger partial charge on any atom is -0.489 e. The Hall–Kier alpha value is -2.18. The molecule has 21 heavy (non-hydrogen) atoms. The summed E-state index contributed by atoms with van der Waals surface area (Å²) in [5.41, 5.74) is 2.85. The minimum atomic E-state index is -0.642. The van der Waals surface area contributed by atoms with Gasteiger partial charge in [-0.1, -0.05) is 12.1 Å². The fraction of sp³-hybridized carbons (Fsp3) is 0.200. The maximum atomic E-state index is 13.5. The van der Waals surface area contributed by atoms with Crippen LogP contribution >= 0.6 is 0 Å². The van der Waals surface area contributed by atoms with Crippen LogP contribution in [0.25, 0.3) is 0 Å². The molecule has 0 amide bonds. The lowest BCUT2D eigenvalue weighted by molar-refractivity contribution is 0.0323. The van der Waals surface area contributed by atoms with Gasteiger partial charge in [0.05, 0.1) is 5.56 Å². The zero-order chi connectivity index (χ0) is 14.8. The molecule has 1 atom stereocenters. The van der Waals surface area contributed by atoms with E-state index >= 15 is 0 Å². The van der Waals surface area contributed by atoms with Crippen molar-refractivity contribution < 1.29 is 23.5 Å². The number of halogens is 2. The topological polar surface area (TPSA) is 50.7 Å². The van der Waals surface area contributed by atoms with Crippen LogP contribution in [0.1, 0.15) is 11.1 Å². The van der Waals surface area contributed by atoms with E-state index < -0.39 is 17.9 Å². The predicted octanol–water partition coefficient (Wildman–Crippen LogP) is 2.78. The number of ether oxygens (including phenoxy) is 2. The van der Waals surface area contributed by atoms with Crippen LogP contribution < -0.4 is 15.0 Å². The molecule has 6 heteroatoms. The average Bonchev–Trinajstić information content (AvgIpc) is 2.89. The molecule has 3 rings (SSSR count). The number of nitrogens with one attached hydrogen (secondary N) is 1. The van der Waals surface area contributed by atoms with E-state index in [4.69, 9.17) is 14.7 Å². The van der Waals surface area contributed by atoms with E-state index in [1.807, 2.05) is 5.48 Å². The molecular weight excluding hydrogens is 280 g/mol. The molecule has 1 aliphatic heterocycles. The summed E-state index contributed by atoms with van der Waals surface area (Å²) in [6.45, 7) is -0.209. The Labute approximate surface area is 119 Å². The first-order chi connectivity index (χ1) is 10.2. The van der Waals surface area contributed by atoms with Gasteiger partial charge in [0.15, 0.2) is 6.23 Å². The number of rotatable bonds is 4. The first kappa shape index (κ1) is 13.8. The highest BCUT2D eigenvalue weighted by Crippen LogP contribution is 2.32. The van der Waals surface area contributed by atoms with E-state index in [1.54, 1.807) is 18.2 Å². The Morgan fingerprint density at radius 1 is 1.24 bits per heavy atom. The molecule has 0 bridgehead atoms. The van der Waals surface area contributed by atoms with Gasteiger partial charge in [0.25, 0.3) is 0 Å². The second-order valence-corrected chi connectivity index (χ2v) is 4.70. The Kier molecular flexibility index (Phi) is 3.72. The first-order valence-electron chi connectivity index (χ1n) is 6.42. The highest BCUT2D eigenvalue weighted by Gasteiger charge is 2.22. The summed E-state index contributed by atoms with van der Waals surface area (Å²) < 4.78 is 37.8. The van der Waals surface area contributed by atoms with Crippen molar-refractivity contribution in [2.24, 2.45) is 0 Å². The molecule has 4 nitrogen and oxygen atoms in total. The highest BCUT2D eigenvalue weighted by molar-refractivity contribution is 5.43. The molecule has 0 radical (unpaired) electrons. The number of fused-ring (bicyclic) bond motifs is 1. The quantitative estimate of drug-likeness (QED) is 0.851. The molecule has 0 saturated carbocycles. The van der Waals surface area contributed by atoms with Gasteiger partial charge in [-0.2, -0.15) is 5.48 Å². The summed E-state index contributed by atoms with van der Waals surface area (Å²) in [5.74, 6) is -0.267. The van der Waals surface area contributed by atoms with E-state index in [9.17, 15) is 8.78 Å². The fourth-order valence-corrected chi connectivity index (χ4v) is 2.20. The lowest BCUT2D eigenvalue weighted by Crippen LogP contribution is -2.29. The summed E-state index contributed by atoms with van der Waals surface area (Å²) in [6, 6.07) is 8.79. The van der Waals surface area contributed by atoms with Gasteiger partial charge in [0.1, 0.15) is 29.7 Å². The maximum absolute atomic E-state index is 13.5. The Morgan fingerprint density at radius 3 is 2.71 bits per heavy atom. The zero-order valence-electron chi connectivity index (χ0n) is 11.0. The smallest absolute Gasteiger partial charge is 0.175 e. The minimum absolute atomic E-state index is 0.117. The van der Waals surface area contributed by atoms with Crippen LogP contribution in [0.4, 0.5) is 8.78 Å². The number of hydroxylamine groups is 1. The first-order valence-corrected chi connectivity index (χ1v) is 6.42. The number of hydrogen-bond donors (Lipinski definition) is 2. The molecule has 0 unspecified atom stereocenters. The van der Waals surface area contributed by atoms with Gasteiger partial charge in [-0.25, -0.2) is 8.78 Å². The van der Waals surface area contributed by atoms with E-state index in [-0.39, 0.29) is 12.2 Å². The molecule has 1 heterocycles. The number of benzene rings is 2. The van der Waals surface area contributed by atoms with Crippen LogP contribution in [0.15, 0.2) is 36.4 Å². The third kappa shape index (κ3) is 2.81.